The number of halogens is 4. The first kappa shape index (κ1) is 20.3. The molecule has 2 N–H and O–H groups in total. The van der Waals surface area contributed by atoms with Crippen LogP contribution >= 0.6 is 24.0 Å². The fourth-order valence-electron chi connectivity index (χ4n) is 2.37. The molecule has 21 heavy (non-hydrogen) atoms. The Balaban J connectivity index is 0.00000400. The van der Waals surface area contributed by atoms with Crippen LogP contribution in [0.2, 0.25) is 0 Å². The number of aliphatic imine (C=N–C) groups is 1. The number of nitrogens with one attached hydrogen (secondary N) is 2. The molecule has 7 heteroatoms. The van der Waals surface area contributed by atoms with Crippen molar-refractivity contribution in [2.45, 2.75) is 38.8 Å². The van der Waals surface area contributed by atoms with E-state index in [9.17, 15) is 13.2 Å². The summed E-state index contributed by atoms with van der Waals surface area (Å²) < 4.78 is 37.7. The molecule has 1 fully saturated rings. The van der Waals surface area contributed by atoms with E-state index in [1.165, 1.54) is 0 Å². The number of hydrogen-bond acceptors (Lipinski definition) is 1. The van der Waals surface area contributed by atoms with Crippen LogP contribution in [0.4, 0.5) is 13.2 Å². The van der Waals surface area contributed by atoms with Crippen LogP contribution in [-0.2, 0) is 0 Å². The van der Waals surface area contributed by atoms with E-state index < -0.39 is 12.1 Å². The molecule has 0 unspecified atom stereocenters. The van der Waals surface area contributed by atoms with Gasteiger partial charge in [0.05, 0.1) is 12.5 Å². The molecular weight excluding hydrogens is 394 g/mol. The number of hydrogen-bond donors (Lipinski definition) is 2. The topological polar surface area (TPSA) is 36.4 Å². The van der Waals surface area contributed by atoms with Crippen LogP contribution in [0.25, 0.3) is 0 Å². The van der Waals surface area contributed by atoms with Crippen LogP contribution in [0.15, 0.2) is 4.99 Å². The van der Waals surface area contributed by atoms with Crippen molar-refractivity contribution in [3.8, 4) is 12.3 Å². The van der Waals surface area contributed by atoms with Crippen LogP contribution < -0.4 is 10.6 Å². The third-order valence-electron chi connectivity index (χ3n) is 3.52. The van der Waals surface area contributed by atoms with E-state index in [0.717, 1.165) is 6.54 Å². The van der Waals surface area contributed by atoms with E-state index in [-0.39, 0.29) is 42.7 Å². The zero-order valence-electron chi connectivity index (χ0n) is 12.2. The van der Waals surface area contributed by atoms with Crippen LogP contribution in [0.3, 0.4) is 0 Å². The molecular formula is C14H23F3IN3. The van der Waals surface area contributed by atoms with E-state index >= 15 is 0 Å². The third-order valence-corrected chi connectivity index (χ3v) is 3.52. The van der Waals surface area contributed by atoms with Crippen molar-refractivity contribution in [2.24, 2.45) is 16.8 Å². The molecule has 0 aromatic carbocycles. The zero-order chi connectivity index (χ0) is 15.0. The highest BCUT2D eigenvalue weighted by Gasteiger charge is 2.41. The molecule has 0 atom stereocenters. The van der Waals surface area contributed by atoms with Crippen molar-refractivity contribution < 1.29 is 13.2 Å². The van der Waals surface area contributed by atoms with Gasteiger partial charge in [0.25, 0.3) is 0 Å². The van der Waals surface area contributed by atoms with Gasteiger partial charge >= 0.3 is 6.18 Å². The first-order valence-electron chi connectivity index (χ1n) is 6.99. The lowest BCUT2D eigenvalue weighted by Crippen LogP contribution is -2.38. The van der Waals surface area contributed by atoms with Gasteiger partial charge in [-0.1, -0.05) is 5.92 Å². The molecule has 0 saturated heterocycles. The summed E-state index contributed by atoms with van der Waals surface area (Å²) in [6.45, 7) is 3.59. The van der Waals surface area contributed by atoms with Crippen LogP contribution in [0, 0.1) is 24.2 Å². The van der Waals surface area contributed by atoms with Gasteiger partial charge in [0.15, 0.2) is 5.96 Å². The van der Waals surface area contributed by atoms with Crippen molar-refractivity contribution >= 4 is 29.9 Å². The van der Waals surface area contributed by atoms with E-state index in [1.54, 1.807) is 0 Å². The Morgan fingerprint density at radius 3 is 2.33 bits per heavy atom. The van der Waals surface area contributed by atoms with Gasteiger partial charge in [-0.2, -0.15) is 13.2 Å². The number of rotatable bonds is 4. The van der Waals surface area contributed by atoms with Crippen molar-refractivity contribution in [3.63, 3.8) is 0 Å². The molecule has 1 aliphatic rings. The van der Waals surface area contributed by atoms with Crippen LogP contribution in [0.1, 0.15) is 32.6 Å². The summed E-state index contributed by atoms with van der Waals surface area (Å²) in [5.41, 5.74) is 0. The normalized spacial score (nSPS) is 22.9. The molecule has 0 amide bonds. The number of guanidine groups is 1. The lowest BCUT2D eigenvalue weighted by molar-refractivity contribution is -0.183. The van der Waals surface area contributed by atoms with Crippen molar-refractivity contribution in [1.82, 2.24) is 10.6 Å². The average molecular weight is 417 g/mol. The molecule has 0 spiro atoms. The second-order valence-corrected chi connectivity index (χ2v) is 5.04. The van der Waals surface area contributed by atoms with E-state index in [0.29, 0.717) is 31.9 Å². The minimum Gasteiger partial charge on any atom is -0.357 e. The highest BCUT2D eigenvalue weighted by molar-refractivity contribution is 14.0. The Morgan fingerprint density at radius 2 is 1.86 bits per heavy atom. The van der Waals surface area contributed by atoms with E-state index in [2.05, 4.69) is 21.5 Å². The standard InChI is InChI=1S/C14H22F3N3.HI/c1-3-9-19-13(18-4-2)20-10-11-5-7-12(8-6-11)14(15,16)17;/h1,11-12H,4-10H2,2H3,(H2,18,19,20);1H. The van der Waals surface area contributed by atoms with Gasteiger partial charge in [0.1, 0.15) is 0 Å². The van der Waals surface area contributed by atoms with E-state index in [1.807, 2.05) is 6.92 Å². The molecule has 0 bridgehead atoms. The van der Waals surface area contributed by atoms with Crippen molar-refractivity contribution in [3.05, 3.63) is 0 Å². The lowest BCUT2D eigenvalue weighted by atomic mass is 9.82. The first-order chi connectivity index (χ1) is 9.47. The number of terminal acetylenes is 1. The summed E-state index contributed by atoms with van der Waals surface area (Å²) >= 11 is 0. The predicted octanol–water partition coefficient (Wildman–Crippen LogP) is 3.16. The monoisotopic (exact) mass is 417 g/mol. The van der Waals surface area contributed by atoms with Gasteiger partial charge in [0, 0.05) is 13.1 Å². The molecule has 0 aromatic rings. The molecule has 1 saturated carbocycles. The Kier molecular flexibility index (Phi) is 9.83. The van der Waals surface area contributed by atoms with Crippen LogP contribution in [0.5, 0.6) is 0 Å². The number of alkyl halides is 3. The maximum Gasteiger partial charge on any atom is 0.391 e. The minimum atomic E-state index is -4.04. The lowest BCUT2D eigenvalue weighted by Gasteiger charge is -2.29. The molecule has 0 aliphatic heterocycles. The third kappa shape index (κ3) is 7.79. The first-order valence-corrected chi connectivity index (χ1v) is 6.99. The fourth-order valence-corrected chi connectivity index (χ4v) is 2.37. The largest absolute Gasteiger partial charge is 0.391 e. The van der Waals surface area contributed by atoms with Gasteiger partial charge < -0.3 is 10.6 Å². The van der Waals surface area contributed by atoms with Gasteiger partial charge in [-0.3, -0.25) is 4.99 Å². The summed E-state index contributed by atoms with van der Waals surface area (Å²) in [5, 5.41) is 6.02. The quantitative estimate of drug-likeness (QED) is 0.319. The highest BCUT2D eigenvalue weighted by Crippen LogP contribution is 2.39. The maximum atomic E-state index is 12.6. The minimum absolute atomic E-state index is 0. The second kappa shape index (κ2) is 10.1. The molecule has 0 heterocycles. The van der Waals surface area contributed by atoms with Gasteiger partial charge in [-0.05, 0) is 38.5 Å². The van der Waals surface area contributed by atoms with Gasteiger partial charge in [0.2, 0.25) is 0 Å². The summed E-state index contributed by atoms with van der Waals surface area (Å²) in [4.78, 5) is 4.38. The Morgan fingerprint density at radius 1 is 1.24 bits per heavy atom. The Labute approximate surface area is 141 Å². The molecule has 1 rings (SSSR count). The zero-order valence-corrected chi connectivity index (χ0v) is 14.5. The average Bonchev–Trinajstić information content (AvgIpc) is 2.41. The molecule has 1 aliphatic carbocycles. The second-order valence-electron chi connectivity index (χ2n) is 5.04. The Hall–Kier alpha value is -0.650. The predicted molar refractivity (Wildman–Crippen MR) is 89.7 cm³/mol. The number of nitrogens with zero attached hydrogens (tertiary/aromatic N) is 1. The highest BCUT2D eigenvalue weighted by atomic mass is 127. The van der Waals surface area contributed by atoms with Crippen LogP contribution in [-0.4, -0.2) is 31.8 Å². The molecule has 0 radical (unpaired) electrons. The SMILES string of the molecule is C#CCNC(=NCC1CCC(C(F)(F)F)CC1)NCC.I. The summed E-state index contributed by atoms with van der Waals surface area (Å²) in [6.07, 6.45) is 2.73. The maximum absolute atomic E-state index is 12.6. The molecule has 0 aromatic heterocycles. The summed E-state index contributed by atoms with van der Waals surface area (Å²) in [7, 11) is 0. The van der Waals surface area contributed by atoms with Gasteiger partial charge in [-0.25, -0.2) is 0 Å². The van der Waals surface area contributed by atoms with Crippen molar-refractivity contribution in [2.75, 3.05) is 19.6 Å². The van der Waals surface area contributed by atoms with Crippen molar-refractivity contribution in [1.29, 1.82) is 0 Å². The Bertz CT molecular complexity index is 355. The molecule has 122 valence electrons. The van der Waals surface area contributed by atoms with E-state index in [4.69, 9.17) is 6.42 Å². The van der Waals surface area contributed by atoms with Gasteiger partial charge in [-0.15, -0.1) is 30.4 Å². The summed E-state index contributed by atoms with van der Waals surface area (Å²) in [6, 6.07) is 0. The molecule has 3 nitrogen and oxygen atoms in total. The smallest absolute Gasteiger partial charge is 0.357 e. The fraction of sp³-hybridized carbons (Fsp3) is 0.786. The summed E-state index contributed by atoms with van der Waals surface area (Å²) in [5.74, 6) is 2.19.